The Labute approximate surface area is 155 Å². The first-order valence-corrected chi connectivity index (χ1v) is 8.45. The number of aryl methyl sites for hydroxylation is 2. The Bertz CT molecular complexity index is 1040. The Morgan fingerprint density at radius 3 is 2.74 bits per heavy atom. The number of rotatable bonds is 6. The van der Waals surface area contributed by atoms with Crippen LogP contribution in [-0.2, 0) is 13.0 Å². The summed E-state index contributed by atoms with van der Waals surface area (Å²) in [7, 11) is 1.52. The Morgan fingerprint density at radius 1 is 1.11 bits per heavy atom. The second-order valence-electron chi connectivity index (χ2n) is 5.92. The van der Waals surface area contributed by atoms with Crippen molar-refractivity contribution in [2.45, 2.75) is 13.0 Å². The zero-order valence-corrected chi connectivity index (χ0v) is 14.7. The number of benzene rings is 1. The van der Waals surface area contributed by atoms with Crippen LogP contribution >= 0.6 is 0 Å². The van der Waals surface area contributed by atoms with Crippen LogP contribution in [0.5, 0.6) is 11.5 Å². The van der Waals surface area contributed by atoms with Crippen LogP contribution in [0.1, 0.15) is 5.82 Å². The number of nitrogens with one attached hydrogen (secondary N) is 1. The number of aromatic amines is 1. The molecule has 136 valence electrons. The minimum Gasteiger partial charge on any atom is -0.504 e. The maximum atomic E-state index is 10.0. The van der Waals surface area contributed by atoms with Gasteiger partial charge in [-0.2, -0.15) is 5.10 Å². The average molecular weight is 362 g/mol. The standard InChI is InChI=1S/C19H18N6O2/c1-27-16-3-2-14(12-15(16)26)19-21-9-11-25(19)10-6-17-22-18(24-23-17)13-4-7-20-8-5-13/h2-5,7-9,11-12,26H,6,10H2,1H3,(H,22,23,24). The zero-order valence-electron chi connectivity index (χ0n) is 14.7. The van der Waals surface area contributed by atoms with Gasteiger partial charge in [-0.15, -0.1) is 0 Å². The van der Waals surface area contributed by atoms with Gasteiger partial charge < -0.3 is 14.4 Å². The summed E-state index contributed by atoms with van der Waals surface area (Å²) < 4.78 is 7.10. The summed E-state index contributed by atoms with van der Waals surface area (Å²) >= 11 is 0. The van der Waals surface area contributed by atoms with Crippen molar-refractivity contribution in [3.63, 3.8) is 0 Å². The maximum Gasteiger partial charge on any atom is 0.181 e. The summed E-state index contributed by atoms with van der Waals surface area (Å²) in [5.41, 5.74) is 1.73. The molecule has 2 N–H and O–H groups in total. The average Bonchev–Trinajstić information content (AvgIpc) is 3.36. The van der Waals surface area contributed by atoms with E-state index in [0.717, 1.165) is 22.8 Å². The number of aromatic nitrogens is 6. The highest BCUT2D eigenvalue weighted by molar-refractivity contribution is 5.61. The third kappa shape index (κ3) is 3.50. The fraction of sp³-hybridized carbons (Fsp3) is 0.158. The molecule has 0 saturated heterocycles. The number of pyridine rings is 1. The number of hydrogen-bond donors (Lipinski definition) is 2. The molecule has 8 heteroatoms. The quantitative estimate of drug-likeness (QED) is 0.547. The molecule has 8 nitrogen and oxygen atoms in total. The summed E-state index contributed by atoms with van der Waals surface area (Å²) in [6.45, 7) is 0.674. The number of phenolic OH excluding ortho intramolecular Hbond substituents is 1. The van der Waals surface area contributed by atoms with Gasteiger partial charge in [0.05, 0.1) is 7.11 Å². The van der Waals surface area contributed by atoms with Crippen molar-refractivity contribution >= 4 is 0 Å². The number of H-pyrrole nitrogens is 1. The van der Waals surface area contributed by atoms with Gasteiger partial charge in [-0.1, -0.05) is 0 Å². The maximum absolute atomic E-state index is 10.0. The molecule has 0 atom stereocenters. The lowest BCUT2D eigenvalue weighted by atomic mass is 10.2. The molecule has 0 saturated carbocycles. The van der Waals surface area contributed by atoms with Gasteiger partial charge >= 0.3 is 0 Å². The van der Waals surface area contributed by atoms with E-state index in [1.54, 1.807) is 30.7 Å². The first-order chi connectivity index (χ1) is 13.2. The van der Waals surface area contributed by atoms with Crippen molar-refractivity contribution < 1.29 is 9.84 Å². The largest absolute Gasteiger partial charge is 0.504 e. The number of nitrogens with zero attached hydrogens (tertiary/aromatic N) is 5. The molecule has 0 aliphatic heterocycles. The van der Waals surface area contributed by atoms with E-state index in [1.165, 1.54) is 7.11 Å². The predicted molar refractivity (Wildman–Crippen MR) is 99.2 cm³/mol. The summed E-state index contributed by atoms with van der Waals surface area (Å²) in [6.07, 6.45) is 7.74. The van der Waals surface area contributed by atoms with Crippen LogP contribution in [0.2, 0.25) is 0 Å². The lowest BCUT2D eigenvalue weighted by Crippen LogP contribution is -2.04. The molecule has 0 spiro atoms. The number of ether oxygens (including phenoxy) is 1. The van der Waals surface area contributed by atoms with Crippen molar-refractivity contribution in [1.82, 2.24) is 29.7 Å². The van der Waals surface area contributed by atoms with Crippen molar-refractivity contribution in [1.29, 1.82) is 0 Å². The first kappa shape index (κ1) is 16.8. The van der Waals surface area contributed by atoms with Gasteiger partial charge in [0.15, 0.2) is 17.3 Å². The van der Waals surface area contributed by atoms with Crippen molar-refractivity contribution in [3.05, 3.63) is 60.9 Å². The van der Waals surface area contributed by atoms with Crippen LogP contribution in [-0.4, -0.2) is 41.9 Å². The Kier molecular flexibility index (Phi) is 4.52. The SMILES string of the molecule is COc1ccc(-c2nccn2CCc2nc(-c3ccncc3)n[nH]2)cc1O. The molecular weight excluding hydrogens is 344 g/mol. The summed E-state index contributed by atoms with van der Waals surface area (Å²) in [5, 5.41) is 17.3. The molecule has 0 radical (unpaired) electrons. The van der Waals surface area contributed by atoms with Crippen LogP contribution < -0.4 is 4.74 Å². The molecule has 1 aromatic carbocycles. The van der Waals surface area contributed by atoms with E-state index in [-0.39, 0.29) is 5.75 Å². The van der Waals surface area contributed by atoms with E-state index in [9.17, 15) is 5.11 Å². The van der Waals surface area contributed by atoms with Gasteiger partial charge in [0.25, 0.3) is 0 Å². The van der Waals surface area contributed by atoms with Gasteiger partial charge in [0, 0.05) is 48.9 Å². The molecule has 4 rings (SSSR count). The second-order valence-corrected chi connectivity index (χ2v) is 5.92. The number of aromatic hydroxyl groups is 1. The van der Waals surface area contributed by atoms with Crippen molar-refractivity contribution in [2.75, 3.05) is 7.11 Å². The fourth-order valence-electron chi connectivity index (χ4n) is 2.84. The number of imidazole rings is 1. The smallest absolute Gasteiger partial charge is 0.181 e. The third-order valence-corrected chi connectivity index (χ3v) is 4.21. The van der Waals surface area contributed by atoms with Crippen LogP contribution in [0.3, 0.4) is 0 Å². The molecule has 3 heterocycles. The van der Waals surface area contributed by atoms with Crippen molar-refractivity contribution in [2.24, 2.45) is 0 Å². The van der Waals surface area contributed by atoms with Crippen molar-refractivity contribution in [3.8, 4) is 34.3 Å². The monoisotopic (exact) mass is 362 g/mol. The highest BCUT2D eigenvalue weighted by Crippen LogP contribution is 2.30. The Hall–Kier alpha value is -3.68. The van der Waals surface area contributed by atoms with Crippen LogP contribution in [0, 0.1) is 0 Å². The van der Waals surface area contributed by atoms with E-state index in [0.29, 0.717) is 24.5 Å². The first-order valence-electron chi connectivity index (χ1n) is 8.45. The van der Waals surface area contributed by atoms with Gasteiger partial charge in [-0.25, -0.2) is 9.97 Å². The lowest BCUT2D eigenvalue weighted by molar-refractivity contribution is 0.373. The molecule has 27 heavy (non-hydrogen) atoms. The second kappa shape index (κ2) is 7.28. The van der Waals surface area contributed by atoms with Crippen LogP contribution in [0.25, 0.3) is 22.8 Å². The minimum absolute atomic E-state index is 0.0850. The Morgan fingerprint density at radius 2 is 1.96 bits per heavy atom. The van der Waals surface area contributed by atoms with Gasteiger partial charge in [0.2, 0.25) is 0 Å². The van der Waals surface area contributed by atoms with E-state index >= 15 is 0 Å². The summed E-state index contributed by atoms with van der Waals surface area (Å²) in [5.74, 6) is 2.73. The molecule has 0 amide bonds. The molecule has 0 aliphatic carbocycles. The summed E-state index contributed by atoms with van der Waals surface area (Å²) in [6, 6.07) is 8.98. The predicted octanol–water partition coefficient (Wildman–Crippen LogP) is 2.69. The molecule has 0 aliphatic rings. The Balaban J connectivity index is 1.50. The zero-order chi connectivity index (χ0) is 18.6. The summed E-state index contributed by atoms with van der Waals surface area (Å²) in [4.78, 5) is 12.9. The third-order valence-electron chi connectivity index (χ3n) is 4.21. The van der Waals surface area contributed by atoms with E-state index < -0.39 is 0 Å². The van der Waals surface area contributed by atoms with E-state index in [2.05, 4.69) is 25.1 Å². The fourth-order valence-corrected chi connectivity index (χ4v) is 2.84. The normalized spacial score (nSPS) is 10.9. The molecule has 4 aromatic rings. The van der Waals surface area contributed by atoms with Crippen LogP contribution in [0.15, 0.2) is 55.1 Å². The van der Waals surface area contributed by atoms with Crippen LogP contribution in [0.4, 0.5) is 0 Å². The number of phenols is 1. The number of hydrogen-bond acceptors (Lipinski definition) is 6. The highest BCUT2D eigenvalue weighted by Gasteiger charge is 2.11. The molecule has 3 aromatic heterocycles. The van der Waals surface area contributed by atoms with E-state index in [1.807, 2.05) is 29.0 Å². The highest BCUT2D eigenvalue weighted by atomic mass is 16.5. The molecular formula is C19H18N6O2. The molecule has 0 unspecified atom stereocenters. The van der Waals surface area contributed by atoms with E-state index in [4.69, 9.17) is 4.74 Å². The van der Waals surface area contributed by atoms with Gasteiger partial charge in [0.1, 0.15) is 11.6 Å². The molecule has 0 fully saturated rings. The molecule has 0 bridgehead atoms. The number of methoxy groups -OCH3 is 1. The van der Waals surface area contributed by atoms with Gasteiger partial charge in [-0.05, 0) is 30.3 Å². The lowest BCUT2D eigenvalue weighted by Gasteiger charge is -2.09. The van der Waals surface area contributed by atoms with Gasteiger partial charge in [-0.3, -0.25) is 10.1 Å². The topological polar surface area (TPSA) is 102 Å². The minimum atomic E-state index is 0.0850.